The Hall–Kier alpha value is -3.85. The van der Waals surface area contributed by atoms with Gasteiger partial charge in [-0.1, -0.05) is 87.9 Å². The minimum absolute atomic E-state index is 0.0288. The number of hydrogen-bond donors (Lipinski definition) is 1. The predicted octanol–water partition coefficient (Wildman–Crippen LogP) is 10.1. The largest absolute Gasteiger partial charge is 0.494 e. The van der Waals surface area contributed by atoms with Crippen molar-refractivity contribution in [2.45, 2.75) is 90.3 Å². The molecule has 0 amide bonds. The molecule has 250 valence electrons. The molecule has 0 saturated carbocycles. The van der Waals surface area contributed by atoms with E-state index in [0.717, 1.165) is 19.3 Å². The van der Waals surface area contributed by atoms with Crippen molar-refractivity contribution in [1.82, 2.24) is 0 Å². The first-order chi connectivity index (χ1) is 22.2. The first kappa shape index (κ1) is 36.6. The summed E-state index contributed by atoms with van der Waals surface area (Å²) >= 11 is 0. The molecule has 0 spiro atoms. The number of carboxylic acids is 1. The Kier molecular flexibility index (Phi) is 15.1. The van der Waals surface area contributed by atoms with Crippen LogP contribution in [-0.4, -0.2) is 49.1 Å². The Balaban J connectivity index is 1.91. The van der Waals surface area contributed by atoms with Gasteiger partial charge in [0, 0.05) is 13.2 Å². The number of halogens is 3. The summed E-state index contributed by atoms with van der Waals surface area (Å²) in [6, 6.07) is 18.0. The van der Waals surface area contributed by atoms with Crippen LogP contribution in [-0.2, 0) is 9.47 Å². The number of ether oxygens (including phenoxy) is 3. The van der Waals surface area contributed by atoms with Crippen molar-refractivity contribution in [3.63, 3.8) is 0 Å². The maximum atomic E-state index is 14.0. The summed E-state index contributed by atoms with van der Waals surface area (Å²) in [7, 11) is 0. The highest BCUT2D eigenvalue weighted by Gasteiger charge is 2.42. The molecule has 0 aromatic heterocycles. The van der Waals surface area contributed by atoms with Gasteiger partial charge in [0.2, 0.25) is 0 Å². The molecular weight excluding hydrogens is 597 g/mol. The Morgan fingerprint density at radius 2 is 1.43 bits per heavy atom. The first-order valence-electron chi connectivity index (χ1n) is 16.2. The maximum absolute atomic E-state index is 14.0. The lowest BCUT2D eigenvalue weighted by atomic mass is 9.92. The minimum Gasteiger partial charge on any atom is -0.494 e. The molecule has 6 nitrogen and oxygen atoms in total. The van der Waals surface area contributed by atoms with E-state index in [9.17, 15) is 27.9 Å². The molecule has 0 fully saturated rings. The molecule has 0 saturated heterocycles. The van der Waals surface area contributed by atoms with Crippen molar-refractivity contribution in [1.29, 1.82) is 0 Å². The van der Waals surface area contributed by atoms with Gasteiger partial charge >= 0.3 is 18.1 Å². The van der Waals surface area contributed by atoms with Crippen molar-refractivity contribution < 1.29 is 42.1 Å². The van der Waals surface area contributed by atoms with Crippen molar-refractivity contribution in [2.24, 2.45) is 0 Å². The summed E-state index contributed by atoms with van der Waals surface area (Å²) in [6.07, 6.45) is 0.464. The molecule has 9 heteroatoms. The highest BCUT2D eigenvalue weighted by molar-refractivity contribution is 6.01. The van der Waals surface area contributed by atoms with Crippen LogP contribution in [0.2, 0.25) is 0 Å². The van der Waals surface area contributed by atoms with Crippen LogP contribution in [0.3, 0.4) is 0 Å². The molecule has 46 heavy (non-hydrogen) atoms. The Bertz CT molecular complexity index is 1370. The van der Waals surface area contributed by atoms with E-state index in [1.807, 2.05) is 6.92 Å². The fraction of sp³-hybridized carbons (Fsp3) is 0.459. The van der Waals surface area contributed by atoms with E-state index in [1.165, 1.54) is 31.4 Å². The van der Waals surface area contributed by atoms with Crippen molar-refractivity contribution >= 4 is 11.9 Å². The molecule has 1 unspecified atom stereocenters. The number of carboxylic acid groups (broad SMARTS) is 1. The summed E-state index contributed by atoms with van der Waals surface area (Å²) in [5.74, 6) is -1.86. The van der Waals surface area contributed by atoms with Crippen LogP contribution in [0.5, 0.6) is 5.75 Å². The minimum atomic E-state index is -4.75. The van der Waals surface area contributed by atoms with Crippen LogP contribution in [0.1, 0.15) is 98.8 Å². The number of benzene rings is 3. The summed E-state index contributed by atoms with van der Waals surface area (Å²) in [6.45, 7) is 5.48. The van der Waals surface area contributed by atoms with Crippen LogP contribution in [0.15, 0.2) is 66.7 Å². The van der Waals surface area contributed by atoms with Crippen molar-refractivity contribution in [3.8, 4) is 28.0 Å². The zero-order valence-electron chi connectivity index (χ0n) is 26.7. The van der Waals surface area contributed by atoms with Crippen molar-refractivity contribution in [2.75, 3.05) is 19.8 Å². The van der Waals surface area contributed by atoms with Gasteiger partial charge in [0.25, 0.3) is 0 Å². The second-order valence-corrected chi connectivity index (χ2v) is 11.2. The van der Waals surface area contributed by atoms with Gasteiger partial charge in [0.05, 0.1) is 17.7 Å². The highest BCUT2D eigenvalue weighted by atomic mass is 19.4. The lowest BCUT2D eigenvalue weighted by Gasteiger charge is -2.22. The van der Waals surface area contributed by atoms with E-state index >= 15 is 0 Å². The van der Waals surface area contributed by atoms with Crippen LogP contribution in [0, 0.1) is 0 Å². The van der Waals surface area contributed by atoms with Crippen molar-refractivity contribution in [3.05, 3.63) is 77.9 Å². The molecule has 0 radical (unpaired) electrons. The van der Waals surface area contributed by atoms with Gasteiger partial charge in [-0.25, -0.2) is 9.59 Å². The maximum Gasteiger partial charge on any atom is 0.425 e. The molecule has 3 aromatic rings. The third kappa shape index (κ3) is 11.5. The Morgan fingerprint density at radius 1 is 0.739 bits per heavy atom. The number of unbranched alkanes of at least 4 members (excludes halogenated alkanes) is 7. The van der Waals surface area contributed by atoms with E-state index in [-0.39, 0.29) is 29.5 Å². The normalized spacial score (nSPS) is 12.1. The molecule has 1 atom stereocenters. The lowest BCUT2D eigenvalue weighted by molar-refractivity contribution is -0.206. The number of hydrogen-bond acceptors (Lipinski definition) is 5. The Morgan fingerprint density at radius 3 is 2.13 bits per heavy atom. The number of carbonyl (C=O) groups is 2. The average molecular weight is 643 g/mol. The first-order valence-corrected chi connectivity index (χ1v) is 16.2. The highest BCUT2D eigenvalue weighted by Crippen LogP contribution is 2.35. The summed E-state index contributed by atoms with van der Waals surface area (Å²) in [4.78, 5) is 25.7. The van der Waals surface area contributed by atoms with Crippen LogP contribution in [0.4, 0.5) is 13.2 Å². The fourth-order valence-electron chi connectivity index (χ4n) is 5.20. The molecule has 0 aliphatic rings. The van der Waals surface area contributed by atoms with Crippen LogP contribution in [0.25, 0.3) is 22.3 Å². The van der Waals surface area contributed by atoms with Gasteiger partial charge in [-0.3, -0.25) is 0 Å². The molecule has 0 aliphatic carbocycles. The van der Waals surface area contributed by atoms with Gasteiger partial charge in [-0.15, -0.1) is 0 Å². The molecule has 0 heterocycles. The Labute approximate surface area is 269 Å². The third-order valence-corrected chi connectivity index (χ3v) is 7.70. The zero-order valence-corrected chi connectivity index (χ0v) is 26.7. The number of alkyl halides is 3. The van der Waals surface area contributed by atoms with Gasteiger partial charge in [-0.05, 0) is 79.1 Å². The molecule has 3 rings (SSSR count). The third-order valence-electron chi connectivity index (χ3n) is 7.70. The van der Waals surface area contributed by atoms with E-state index < -0.39 is 24.2 Å². The fourth-order valence-corrected chi connectivity index (χ4v) is 5.20. The molecule has 1 N–H and O–H groups in total. The second kappa shape index (κ2) is 19.0. The smallest absolute Gasteiger partial charge is 0.425 e. The standard InChI is InChI=1S/C37H45F3O6/c1-3-5-6-7-8-15-24-45-29-20-22-31(35(41)42)32(26-29)28-19-21-30(27-16-11-9-12-17-27)33(25-28)36(43)46-34(37(38,39)40)18-13-10-14-23-44-4-2/h9,11-12,16-17,19-22,25-26,34H,3-8,10,13-15,18,23-24H2,1-2H3,(H,41,42). The predicted molar refractivity (Wildman–Crippen MR) is 173 cm³/mol. The SMILES string of the molecule is CCCCCCCCOc1ccc(C(=O)O)c(-c2ccc(-c3ccccc3)c(C(=O)OC(CCCCCOCC)C(F)(F)F)c2)c1. The summed E-state index contributed by atoms with van der Waals surface area (Å²) < 4.78 is 58.3. The summed E-state index contributed by atoms with van der Waals surface area (Å²) in [5.41, 5.74) is 1.48. The van der Waals surface area contributed by atoms with E-state index in [4.69, 9.17) is 14.2 Å². The van der Waals surface area contributed by atoms with E-state index in [2.05, 4.69) is 6.92 Å². The van der Waals surface area contributed by atoms with Gasteiger partial charge < -0.3 is 19.3 Å². The number of esters is 1. The van der Waals surface area contributed by atoms with E-state index in [0.29, 0.717) is 55.1 Å². The van der Waals surface area contributed by atoms with Gasteiger partial charge in [-0.2, -0.15) is 13.2 Å². The number of carbonyl (C=O) groups excluding carboxylic acids is 1. The second-order valence-electron chi connectivity index (χ2n) is 11.2. The molecule has 0 aliphatic heterocycles. The molecule has 3 aromatic carbocycles. The molecule has 0 bridgehead atoms. The topological polar surface area (TPSA) is 82.1 Å². The quantitative estimate of drug-likeness (QED) is 0.0976. The molecular formula is C37H45F3O6. The van der Waals surface area contributed by atoms with Gasteiger partial charge in [0.15, 0.2) is 6.10 Å². The zero-order chi connectivity index (χ0) is 33.4. The number of aromatic carboxylic acids is 1. The number of rotatable bonds is 20. The summed E-state index contributed by atoms with van der Waals surface area (Å²) in [5, 5.41) is 9.94. The lowest BCUT2D eigenvalue weighted by Crippen LogP contribution is -2.34. The monoisotopic (exact) mass is 642 g/mol. The van der Waals surface area contributed by atoms with Crippen LogP contribution >= 0.6 is 0 Å². The average Bonchev–Trinajstić information content (AvgIpc) is 3.04. The van der Waals surface area contributed by atoms with Crippen LogP contribution < -0.4 is 4.74 Å². The van der Waals surface area contributed by atoms with E-state index in [1.54, 1.807) is 54.6 Å². The van der Waals surface area contributed by atoms with Gasteiger partial charge in [0.1, 0.15) is 5.75 Å².